The summed E-state index contributed by atoms with van der Waals surface area (Å²) >= 11 is 0. The average Bonchev–Trinajstić information content (AvgIpc) is 2.36. The molecule has 1 fully saturated rings. The maximum atomic E-state index is 11.4. The predicted molar refractivity (Wildman–Crippen MR) is 65.3 cm³/mol. The fourth-order valence-electron chi connectivity index (χ4n) is 1.73. The van der Waals surface area contributed by atoms with Crippen LogP contribution < -0.4 is 11.1 Å². The molecule has 0 aromatic rings. The summed E-state index contributed by atoms with van der Waals surface area (Å²) in [5.74, 6) is -0.0377. The second-order valence-corrected chi connectivity index (χ2v) is 3.95. The van der Waals surface area contributed by atoms with Gasteiger partial charge in [0.05, 0.1) is 13.1 Å². The van der Waals surface area contributed by atoms with Gasteiger partial charge >= 0.3 is 0 Å². The van der Waals surface area contributed by atoms with E-state index in [-0.39, 0.29) is 18.4 Å². The molecule has 96 valence electrons. The standard InChI is InChI=1S/C11H20N4O2/c1-2-3-13-10(16)9-14-4-6-15(7-5-14)11(17)8-12/h2H,1,3-9,12H2,(H,13,16). The van der Waals surface area contributed by atoms with Crippen molar-refractivity contribution in [3.63, 3.8) is 0 Å². The van der Waals surface area contributed by atoms with Crippen molar-refractivity contribution >= 4 is 11.8 Å². The van der Waals surface area contributed by atoms with Crippen molar-refractivity contribution in [3.8, 4) is 0 Å². The lowest BCUT2D eigenvalue weighted by Crippen LogP contribution is -2.52. The Bertz CT molecular complexity index is 285. The molecule has 3 N–H and O–H groups in total. The van der Waals surface area contributed by atoms with Gasteiger partial charge in [0, 0.05) is 32.7 Å². The fourth-order valence-corrected chi connectivity index (χ4v) is 1.73. The number of carbonyl (C=O) groups excluding carboxylic acids is 2. The molecule has 1 rings (SSSR count). The molecule has 1 aliphatic heterocycles. The Hall–Kier alpha value is -1.40. The molecule has 0 bridgehead atoms. The molecule has 0 unspecified atom stereocenters. The normalized spacial score (nSPS) is 16.6. The van der Waals surface area contributed by atoms with Crippen molar-refractivity contribution in [2.24, 2.45) is 5.73 Å². The van der Waals surface area contributed by atoms with Gasteiger partial charge in [0.15, 0.2) is 0 Å². The Morgan fingerprint density at radius 1 is 1.29 bits per heavy atom. The first-order chi connectivity index (χ1) is 8.17. The van der Waals surface area contributed by atoms with Crippen molar-refractivity contribution in [2.45, 2.75) is 0 Å². The second-order valence-electron chi connectivity index (χ2n) is 3.95. The smallest absolute Gasteiger partial charge is 0.236 e. The van der Waals surface area contributed by atoms with E-state index in [0.29, 0.717) is 39.3 Å². The lowest BCUT2D eigenvalue weighted by Gasteiger charge is -2.34. The fraction of sp³-hybridized carbons (Fsp3) is 0.636. The molecule has 0 aromatic carbocycles. The number of rotatable bonds is 5. The van der Waals surface area contributed by atoms with E-state index >= 15 is 0 Å². The van der Waals surface area contributed by atoms with Gasteiger partial charge in [0.1, 0.15) is 0 Å². The van der Waals surface area contributed by atoms with E-state index in [9.17, 15) is 9.59 Å². The van der Waals surface area contributed by atoms with Gasteiger partial charge in [-0.1, -0.05) is 6.08 Å². The molecule has 6 nitrogen and oxygen atoms in total. The Balaban J connectivity index is 2.25. The van der Waals surface area contributed by atoms with Crippen LogP contribution in [-0.2, 0) is 9.59 Å². The first kappa shape index (κ1) is 13.7. The molecule has 1 heterocycles. The van der Waals surface area contributed by atoms with Crippen LogP contribution in [0.15, 0.2) is 12.7 Å². The SMILES string of the molecule is C=CCNC(=O)CN1CCN(C(=O)CN)CC1. The van der Waals surface area contributed by atoms with E-state index in [4.69, 9.17) is 5.73 Å². The van der Waals surface area contributed by atoms with Crippen LogP contribution in [0.3, 0.4) is 0 Å². The molecule has 0 aliphatic carbocycles. The van der Waals surface area contributed by atoms with Gasteiger partial charge in [-0.25, -0.2) is 0 Å². The topological polar surface area (TPSA) is 78.7 Å². The summed E-state index contributed by atoms with van der Waals surface area (Å²) in [6.07, 6.45) is 1.65. The summed E-state index contributed by atoms with van der Waals surface area (Å²) in [5.41, 5.74) is 5.29. The van der Waals surface area contributed by atoms with E-state index in [1.807, 2.05) is 4.90 Å². The number of hydrogen-bond donors (Lipinski definition) is 2. The third kappa shape index (κ3) is 4.54. The average molecular weight is 240 g/mol. The zero-order valence-electron chi connectivity index (χ0n) is 10.0. The number of nitrogens with one attached hydrogen (secondary N) is 1. The van der Waals surface area contributed by atoms with Crippen LogP contribution in [0.25, 0.3) is 0 Å². The molecule has 6 heteroatoms. The number of carbonyl (C=O) groups is 2. The minimum atomic E-state index is -0.0271. The third-order valence-corrected chi connectivity index (χ3v) is 2.71. The molecule has 2 amide bonds. The molecule has 1 saturated heterocycles. The van der Waals surface area contributed by atoms with E-state index in [0.717, 1.165) is 0 Å². The molecular weight excluding hydrogens is 220 g/mol. The van der Waals surface area contributed by atoms with Crippen molar-refractivity contribution in [2.75, 3.05) is 45.8 Å². The van der Waals surface area contributed by atoms with Gasteiger partial charge in [-0.3, -0.25) is 14.5 Å². The summed E-state index contributed by atoms with van der Waals surface area (Å²) in [4.78, 5) is 26.5. The molecule has 1 aliphatic rings. The van der Waals surface area contributed by atoms with Crippen molar-refractivity contribution in [1.29, 1.82) is 0 Å². The van der Waals surface area contributed by atoms with Crippen molar-refractivity contribution in [3.05, 3.63) is 12.7 Å². The zero-order valence-corrected chi connectivity index (χ0v) is 10.0. The summed E-state index contributed by atoms with van der Waals surface area (Å²) in [6.45, 7) is 7.17. The van der Waals surface area contributed by atoms with E-state index in [2.05, 4.69) is 11.9 Å². The maximum Gasteiger partial charge on any atom is 0.236 e. The maximum absolute atomic E-state index is 11.4. The van der Waals surface area contributed by atoms with Gasteiger partial charge in [0.25, 0.3) is 0 Å². The van der Waals surface area contributed by atoms with Crippen LogP contribution in [0.4, 0.5) is 0 Å². The number of piperazine rings is 1. The highest BCUT2D eigenvalue weighted by atomic mass is 16.2. The summed E-state index contributed by atoms with van der Waals surface area (Å²) < 4.78 is 0. The Morgan fingerprint density at radius 3 is 2.47 bits per heavy atom. The van der Waals surface area contributed by atoms with Crippen molar-refractivity contribution < 1.29 is 9.59 Å². The number of amides is 2. The molecule has 0 spiro atoms. The Kier molecular flexibility index (Phi) is 5.65. The lowest BCUT2D eigenvalue weighted by molar-refractivity contribution is -0.131. The Morgan fingerprint density at radius 2 is 1.94 bits per heavy atom. The van der Waals surface area contributed by atoms with Crippen LogP contribution in [0, 0.1) is 0 Å². The van der Waals surface area contributed by atoms with Gasteiger partial charge in [-0.15, -0.1) is 6.58 Å². The van der Waals surface area contributed by atoms with Gasteiger partial charge in [0.2, 0.25) is 11.8 Å². The number of hydrogen-bond acceptors (Lipinski definition) is 4. The van der Waals surface area contributed by atoms with Gasteiger partial charge < -0.3 is 16.0 Å². The number of nitrogens with two attached hydrogens (primary N) is 1. The van der Waals surface area contributed by atoms with Crippen LogP contribution in [0.1, 0.15) is 0 Å². The molecule has 0 aromatic heterocycles. The quantitative estimate of drug-likeness (QED) is 0.567. The molecule has 0 atom stereocenters. The first-order valence-electron chi connectivity index (χ1n) is 5.75. The minimum absolute atomic E-state index is 0.0106. The van der Waals surface area contributed by atoms with Gasteiger partial charge in [-0.05, 0) is 0 Å². The van der Waals surface area contributed by atoms with Gasteiger partial charge in [-0.2, -0.15) is 0 Å². The summed E-state index contributed by atoms with van der Waals surface area (Å²) in [7, 11) is 0. The third-order valence-electron chi connectivity index (χ3n) is 2.71. The highest BCUT2D eigenvalue weighted by Gasteiger charge is 2.21. The zero-order chi connectivity index (χ0) is 12.7. The molecule has 17 heavy (non-hydrogen) atoms. The second kappa shape index (κ2) is 7.03. The molecular formula is C11H20N4O2. The van der Waals surface area contributed by atoms with Crippen LogP contribution in [0.5, 0.6) is 0 Å². The number of nitrogens with zero attached hydrogens (tertiary/aromatic N) is 2. The predicted octanol–water partition coefficient (Wildman–Crippen LogP) is -1.61. The Labute approximate surface area is 101 Å². The monoisotopic (exact) mass is 240 g/mol. The minimum Gasteiger partial charge on any atom is -0.352 e. The van der Waals surface area contributed by atoms with E-state index in [1.165, 1.54) is 0 Å². The van der Waals surface area contributed by atoms with Crippen LogP contribution in [-0.4, -0.2) is 67.4 Å². The summed E-state index contributed by atoms with van der Waals surface area (Å²) in [6, 6.07) is 0. The van der Waals surface area contributed by atoms with E-state index < -0.39 is 0 Å². The largest absolute Gasteiger partial charge is 0.352 e. The van der Waals surface area contributed by atoms with Crippen LogP contribution in [0.2, 0.25) is 0 Å². The van der Waals surface area contributed by atoms with Crippen molar-refractivity contribution in [1.82, 2.24) is 15.1 Å². The summed E-state index contributed by atoms with van der Waals surface area (Å²) in [5, 5.41) is 2.73. The lowest BCUT2D eigenvalue weighted by atomic mass is 10.3. The molecule has 0 radical (unpaired) electrons. The van der Waals surface area contributed by atoms with Crippen LogP contribution >= 0.6 is 0 Å². The highest BCUT2D eigenvalue weighted by Crippen LogP contribution is 2.01. The molecule has 0 saturated carbocycles. The van der Waals surface area contributed by atoms with E-state index in [1.54, 1.807) is 11.0 Å². The highest BCUT2D eigenvalue weighted by molar-refractivity contribution is 5.79. The first-order valence-corrected chi connectivity index (χ1v) is 5.75.